The first-order chi connectivity index (χ1) is 10.8. The van der Waals surface area contributed by atoms with E-state index in [0.29, 0.717) is 18.0 Å². The maximum Gasteiger partial charge on any atom is 0.251 e. The quantitative estimate of drug-likeness (QED) is 0.705. The van der Waals surface area contributed by atoms with Gasteiger partial charge in [-0.2, -0.15) is 0 Å². The summed E-state index contributed by atoms with van der Waals surface area (Å²) in [6.07, 6.45) is 5.48. The molecule has 0 radical (unpaired) electrons. The minimum absolute atomic E-state index is 0.195. The molecule has 1 atom stereocenters. The van der Waals surface area contributed by atoms with Gasteiger partial charge in [0.1, 0.15) is 0 Å². The Balaban J connectivity index is 2.68. The molecular formula is C16H25ClN2O3S. The number of amides is 1. The molecule has 0 unspecified atom stereocenters. The average Bonchev–Trinajstić information content (AvgIpc) is 2.48. The van der Waals surface area contributed by atoms with E-state index in [0.717, 1.165) is 31.9 Å². The summed E-state index contributed by atoms with van der Waals surface area (Å²) in [6.45, 7) is 4.91. The van der Waals surface area contributed by atoms with Crippen molar-refractivity contribution in [3.05, 3.63) is 28.8 Å². The van der Waals surface area contributed by atoms with E-state index in [2.05, 4.69) is 23.9 Å². The van der Waals surface area contributed by atoms with E-state index in [1.54, 1.807) is 6.07 Å². The first-order valence-corrected chi connectivity index (χ1v) is 10.1. The van der Waals surface area contributed by atoms with Crippen LogP contribution in [0.5, 0.6) is 0 Å². The van der Waals surface area contributed by atoms with Gasteiger partial charge < -0.3 is 5.32 Å². The van der Waals surface area contributed by atoms with Crippen molar-refractivity contribution in [2.75, 3.05) is 17.5 Å². The zero-order chi connectivity index (χ0) is 17.5. The molecule has 0 heterocycles. The molecule has 0 aliphatic carbocycles. The molecule has 0 fully saturated rings. The fraction of sp³-hybridized carbons (Fsp3) is 0.562. The van der Waals surface area contributed by atoms with Crippen molar-refractivity contribution in [2.24, 2.45) is 5.92 Å². The molecule has 0 aliphatic rings. The van der Waals surface area contributed by atoms with Gasteiger partial charge in [0.2, 0.25) is 10.0 Å². The summed E-state index contributed by atoms with van der Waals surface area (Å²) in [5.74, 6) is 0.272. The van der Waals surface area contributed by atoms with E-state index in [1.807, 2.05) is 0 Å². The summed E-state index contributed by atoms with van der Waals surface area (Å²) in [7, 11) is -3.40. The van der Waals surface area contributed by atoms with E-state index >= 15 is 0 Å². The molecular weight excluding hydrogens is 336 g/mol. The molecule has 130 valence electrons. The summed E-state index contributed by atoms with van der Waals surface area (Å²) < 4.78 is 24.7. The van der Waals surface area contributed by atoms with Crippen LogP contribution < -0.4 is 10.0 Å². The van der Waals surface area contributed by atoms with Crippen LogP contribution in [0.2, 0.25) is 5.02 Å². The number of unbranched alkanes of at least 4 members (excludes halogenated alkanes) is 1. The second kappa shape index (κ2) is 9.13. The fourth-order valence-electron chi connectivity index (χ4n) is 2.22. The Kier molecular flexibility index (Phi) is 7.85. The van der Waals surface area contributed by atoms with Crippen molar-refractivity contribution in [2.45, 2.75) is 39.5 Å². The van der Waals surface area contributed by atoms with Gasteiger partial charge in [0.25, 0.3) is 5.91 Å². The molecule has 23 heavy (non-hydrogen) atoms. The first-order valence-electron chi connectivity index (χ1n) is 7.82. The third-order valence-corrected chi connectivity index (χ3v) is 4.52. The molecule has 0 saturated carbocycles. The standard InChI is InChI=1S/C16H25ClN2O3S/c1-4-6-7-12(5-2)11-18-16(20)13-8-9-15(14(17)10-13)19-23(3,21)22/h8-10,12,19H,4-7,11H2,1-3H3,(H,18,20)/t12-/m0/s1. The summed E-state index contributed by atoms with van der Waals surface area (Å²) in [6, 6.07) is 4.52. The number of carbonyl (C=O) groups excluding carboxylic acids is 1. The molecule has 0 aromatic heterocycles. The van der Waals surface area contributed by atoms with Gasteiger partial charge in [-0.05, 0) is 30.5 Å². The molecule has 2 N–H and O–H groups in total. The lowest BCUT2D eigenvalue weighted by molar-refractivity contribution is 0.0946. The van der Waals surface area contributed by atoms with Crippen molar-refractivity contribution in [3.63, 3.8) is 0 Å². The number of halogens is 1. The molecule has 5 nitrogen and oxygen atoms in total. The zero-order valence-electron chi connectivity index (χ0n) is 13.9. The molecule has 0 saturated heterocycles. The van der Waals surface area contributed by atoms with E-state index < -0.39 is 10.0 Å². The van der Waals surface area contributed by atoms with Crippen LogP contribution in [0.25, 0.3) is 0 Å². The number of nitrogens with one attached hydrogen (secondary N) is 2. The molecule has 1 rings (SSSR count). The van der Waals surface area contributed by atoms with Gasteiger partial charge in [-0.1, -0.05) is 44.7 Å². The number of sulfonamides is 1. The lowest BCUT2D eigenvalue weighted by atomic mass is 9.99. The number of benzene rings is 1. The lowest BCUT2D eigenvalue weighted by Crippen LogP contribution is -2.29. The molecule has 1 aromatic carbocycles. The van der Waals surface area contributed by atoms with Crippen molar-refractivity contribution in [3.8, 4) is 0 Å². The predicted octanol–water partition coefficient (Wildman–Crippen LogP) is 3.66. The van der Waals surface area contributed by atoms with Crippen LogP contribution in [0, 0.1) is 5.92 Å². The topological polar surface area (TPSA) is 75.3 Å². The monoisotopic (exact) mass is 360 g/mol. The Morgan fingerprint density at radius 2 is 2.00 bits per heavy atom. The van der Waals surface area contributed by atoms with Crippen LogP contribution in [0.3, 0.4) is 0 Å². The summed E-state index contributed by atoms with van der Waals surface area (Å²) >= 11 is 6.03. The molecule has 0 aliphatic heterocycles. The van der Waals surface area contributed by atoms with E-state index in [1.165, 1.54) is 12.1 Å². The van der Waals surface area contributed by atoms with Crippen LogP contribution >= 0.6 is 11.6 Å². The second-order valence-electron chi connectivity index (χ2n) is 5.70. The molecule has 0 spiro atoms. The van der Waals surface area contributed by atoms with Crippen LogP contribution in [0.4, 0.5) is 5.69 Å². The predicted molar refractivity (Wildman–Crippen MR) is 95.6 cm³/mol. The number of hydrogen-bond acceptors (Lipinski definition) is 3. The maximum atomic E-state index is 12.2. The summed E-state index contributed by atoms with van der Waals surface area (Å²) in [5.41, 5.74) is 0.680. The van der Waals surface area contributed by atoms with Crippen molar-refractivity contribution in [1.29, 1.82) is 0 Å². The number of carbonyl (C=O) groups is 1. The highest BCUT2D eigenvalue weighted by Crippen LogP contribution is 2.24. The largest absolute Gasteiger partial charge is 0.352 e. The third kappa shape index (κ3) is 7.22. The van der Waals surface area contributed by atoms with Gasteiger partial charge in [-0.3, -0.25) is 9.52 Å². The molecule has 1 amide bonds. The van der Waals surface area contributed by atoms with Gasteiger partial charge in [0.15, 0.2) is 0 Å². The van der Waals surface area contributed by atoms with Crippen LogP contribution in [-0.4, -0.2) is 27.1 Å². The van der Waals surface area contributed by atoms with Gasteiger partial charge in [-0.15, -0.1) is 0 Å². The first kappa shape index (κ1) is 19.8. The summed E-state index contributed by atoms with van der Waals surface area (Å²) in [5, 5.41) is 3.11. The average molecular weight is 361 g/mol. The van der Waals surface area contributed by atoms with Crippen LogP contribution in [0.1, 0.15) is 49.9 Å². The van der Waals surface area contributed by atoms with Crippen molar-refractivity contribution in [1.82, 2.24) is 5.32 Å². The molecule has 1 aromatic rings. The highest BCUT2D eigenvalue weighted by molar-refractivity contribution is 7.92. The Hall–Kier alpha value is -1.27. The third-order valence-electron chi connectivity index (χ3n) is 3.62. The zero-order valence-corrected chi connectivity index (χ0v) is 15.4. The summed E-state index contributed by atoms with van der Waals surface area (Å²) in [4.78, 5) is 12.2. The van der Waals surface area contributed by atoms with E-state index in [-0.39, 0.29) is 16.6 Å². The molecule has 7 heteroatoms. The van der Waals surface area contributed by atoms with E-state index in [9.17, 15) is 13.2 Å². The minimum atomic E-state index is -3.40. The van der Waals surface area contributed by atoms with Gasteiger partial charge in [0, 0.05) is 12.1 Å². The highest BCUT2D eigenvalue weighted by Gasteiger charge is 2.13. The number of anilines is 1. The van der Waals surface area contributed by atoms with Gasteiger partial charge in [0.05, 0.1) is 17.0 Å². The maximum absolute atomic E-state index is 12.2. The molecule has 0 bridgehead atoms. The fourth-order valence-corrected chi connectivity index (χ4v) is 3.08. The van der Waals surface area contributed by atoms with Crippen LogP contribution in [0.15, 0.2) is 18.2 Å². The van der Waals surface area contributed by atoms with Gasteiger partial charge in [-0.25, -0.2) is 8.42 Å². The lowest BCUT2D eigenvalue weighted by Gasteiger charge is -2.15. The second-order valence-corrected chi connectivity index (χ2v) is 7.85. The van der Waals surface area contributed by atoms with Crippen LogP contribution in [-0.2, 0) is 10.0 Å². The smallest absolute Gasteiger partial charge is 0.251 e. The van der Waals surface area contributed by atoms with Crippen molar-refractivity contribution >= 4 is 33.2 Å². The number of rotatable bonds is 9. The Morgan fingerprint density at radius 1 is 1.30 bits per heavy atom. The Bertz CT molecular complexity index is 632. The minimum Gasteiger partial charge on any atom is -0.352 e. The van der Waals surface area contributed by atoms with Crippen molar-refractivity contribution < 1.29 is 13.2 Å². The van der Waals surface area contributed by atoms with E-state index in [4.69, 9.17) is 11.6 Å². The van der Waals surface area contributed by atoms with Gasteiger partial charge >= 0.3 is 0 Å². The SMILES string of the molecule is CCCC[C@H](CC)CNC(=O)c1ccc(NS(C)(=O)=O)c(Cl)c1. The normalized spacial score (nSPS) is 12.7. The Labute approximate surface area is 143 Å². The highest BCUT2D eigenvalue weighted by atomic mass is 35.5. The number of hydrogen-bond donors (Lipinski definition) is 2. The Morgan fingerprint density at radius 3 is 2.52 bits per heavy atom.